The monoisotopic (exact) mass is 264 g/mol. The summed E-state index contributed by atoms with van der Waals surface area (Å²) >= 11 is 5.65. The topological polar surface area (TPSA) is 36.1 Å². The van der Waals surface area contributed by atoms with E-state index in [4.69, 9.17) is 11.6 Å². The number of amides is 1. The van der Waals surface area contributed by atoms with Gasteiger partial charge in [-0.1, -0.05) is 25.1 Å². The van der Waals surface area contributed by atoms with Gasteiger partial charge < -0.3 is 9.88 Å². The van der Waals surface area contributed by atoms with Gasteiger partial charge in [-0.2, -0.15) is 0 Å². The number of alkyl halides is 1. The Hall–Kier alpha value is -1.48. The van der Waals surface area contributed by atoms with E-state index in [-0.39, 0.29) is 11.8 Å². The number of hydrogen-bond acceptors (Lipinski definition) is 1. The second-order valence-electron chi connectivity index (χ2n) is 4.31. The number of fused-ring (bicyclic) bond motifs is 1. The smallest absolute Gasteiger partial charge is 0.237 e. The molecular weight excluding hydrogens is 248 g/mol. The number of carbonyl (C=O) groups is 1. The standard InChI is InChI=1S/C14H17ClN2O/c1-2-8-17(13(18)9-15)10-12-5-3-4-11-6-7-16-14(11)12/h3-7,16H,2,8-10H2,1H3. The Bertz CT molecular complexity index is 535. The summed E-state index contributed by atoms with van der Waals surface area (Å²) in [5.41, 5.74) is 2.23. The van der Waals surface area contributed by atoms with Crippen LogP contribution < -0.4 is 0 Å². The number of rotatable bonds is 5. The van der Waals surface area contributed by atoms with Gasteiger partial charge in [0.25, 0.3) is 0 Å². The predicted molar refractivity (Wildman–Crippen MR) is 74.7 cm³/mol. The number of carbonyl (C=O) groups excluding carboxylic acids is 1. The molecule has 1 amide bonds. The van der Waals surface area contributed by atoms with Crippen LogP contribution in [0.15, 0.2) is 30.5 Å². The highest BCUT2D eigenvalue weighted by Gasteiger charge is 2.13. The van der Waals surface area contributed by atoms with E-state index in [0.717, 1.165) is 24.0 Å². The van der Waals surface area contributed by atoms with Gasteiger partial charge in [0.05, 0.1) is 5.52 Å². The van der Waals surface area contributed by atoms with Gasteiger partial charge >= 0.3 is 0 Å². The summed E-state index contributed by atoms with van der Waals surface area (Å²) in [5.74, 6) is 0.0304. The van der Waals surface area contributed by atoms with Crippen molar-refractivity contribution >= 4 is 28.4 Å². The molecule has 0 bridgehead atoms. The molecule has 3 nitrogen and oxygen atoms in total. The number of H-pyrrole nitrogens is 1. The molecule has 0 saturated heterocycles. The van der Waals surface area contributed by atoms with E-state index in [2.05, 4.69) is 18.0 Å². The lowest BCUT2D eigenvalue weighted by atomic mass is 10.1. The molecule has 0 spiro atoms. The minimum absolute atomic E-state index is 0.0120. The van der Waals surface area contributed by atoms with E-state index in [1.54, 1.807) is 0 Å². The number of nitrogens with one attached hydrogen (secondary N) is 1. The average molecular weight is 265 g/mol. The third kappa shape index (κ3) is 2.67. The van der Waals surface area contributed by atoms with Gasteiger partial charge in [-0.3, -0.25) is 4.79 Å². The zero-order chi connectivity index (χ0) is 13.0. The number of benzene rings is 1. The average Bonchev–Trinajstić information content (AvgIpc) is 2.86. The molecule has 0 aliphatic rings. The lowest BCUT2D eigenvalue weighted by Gasteiger charge is -2.21. The Morgan fingerprint density at radius 3 is 2.94 bits per heavy atom. The molecule has 0 fully saturated rings. The van der Waals surface area contributed by atoms with Crippen molar-refractivity contribution < 1.29 is 4.79 Å². The molecule has 0 radical (unpaired) electrons. The fourth-order valence-corrected chi connectivity index (χ4v) is 2.30. The fraction of sp³-hybridized carbons (Fsp3) is 0.357. The summed E-state index contributed by atoms with van der Waals surface area (Å²) in [6, 6.07) is 8.15. The molecule has 0 aliphatic heterocycles. The Balaban J connectivity index is 2.25. The molecule has 1 N–H and O–H groups in total. The number of nitrogens with zero attached hydrogens (tertiary/aromatic N) is 1. The molecule has 2 aromatic rings. The SMILES string of the molecule is CCCN(Cc1cccc2cc[nH]c12)C(=O)CCl. The molecule has 18 heavy (non-hydrogen) atoms. The summed E-state index contributed by atoms with van der Waals surface area (Å²) in [4.78, 5) is 16.8. The normalized spacial score (nSPS) is 10.8. The van der Waals surface area contributed by atoms with Crippen LogP contribution in [0.1, 0.15) is 18.9 Å². The second-order valence-corrected chi connectivity index (χ2v) is 4.58. The molecule has 0 saturated carbocycles. The molecule has 0 aliphatic carbocycles. The lowest BCUT2D eigenvalue weighted by Crippen LogP contribution is -2.32. The summed E-state index contributed by atoms with van der Waals surface area (Å²) in [7, 11) is 0. The Labute approximate surface area is 112 Å². The van der Waals surface area contributed by atoms with Crippen LogP contribution in [0.3, 0.4) is 0 Å². The molecule has 1 aromatic carbocycles. The third-order valence-corrected chi connectivity index (χ3v) is 3.22. The van der Waals surface area contributed by atoms with Crippen LogP contribution in [-0.2, 0) is 11.3 Å². The Morgan fingerprint density at radius 2 is 2.22 bits per heavy atom. The first-order valence-corrected chi connectivity index (χ1v) is 6.68. The van der Waals surface area contributed by atoms with Crippen molar-refractivity contribution in [2.45, 2.75) is 19.9 Å². The van der Waals surface area contributed by atoms with Crippen molar-refractivity contribution in [1.29, 1.82) is 0 Å². The van der Waals surface area contributed by atoms with Crippen molar-refractivity contribution in [3.8, 4) is 0 Å². The van der Waals surface area contributed by atoms with Crippen LogP contribution >= 0.6 is 11.6 Å². The van der Waals surface area contributed by atoms with E-state index >= 15 is 0 Å². The van der Waals surface area contributed by atoms with E-state index in [1.807, 2.05) is 29.3 Å². The fourth-order valence-electron chi connectivity index (χ4n) is 2.13. The molecule has 0 atom stereocenters. The molecular formula is C14H17ClN2O. The zero-order valence-electron chi connectivity index (χ0n) is 10.4. The maximum Gasteiger partial charge on any atom is 0.237 e. The van der Waals surface area contributed by atoms with Crippen LogP contribution in [-0.4, -0.2) is 28.2 Å². The summed E-state index contributed by atoms with van der Waals surface area (Å²) < 4.78 is 0. The van der Waals surface area contributed by atoms with Crippen LogP contribution in [0.5, 0.6) is 0 Å². The molecule has 0 unspecified atom stereocenters. The largest absolute Gasteiger partial charge is 0.361 e. The van der Waals surface area contributed by atoms with Gasteiger partial charge in [0.2, 0.25) is 5.91 Å². The molecule has 96 valence electrons. The van der Waals surface area contributed by atoms with Crippen molar-refractivity contribution in [2.75, 3.05) is 12.4 Å². The quantitative estimate of drug-likeness (QED) is 0.828. The first-order valence-electron chi connectivity index (χ1n) is 6.15. The third-order valence-electron chi connectivity index (χ3n) is 3.00. The Morgan fingerprint density at radius 1 is 1.39 bits per heavy atom. The van der Waals surface area contributed by atoms with E-state index in [1.165, 1.54) is 5.39 Å². The van der Waals surface area contributed by atoms with E-state index < -0.39 is 0 Å². The molecule has 2 rings (SSSR count). The van der Waals surface area contributed by atoms with Crippen molar-refractivity contribution in [3.05, 3.63) is 36.0 Å². The maximum absolute atomic E-state index is 11.8. The zero-order valence-corrected chi connectivity index (χ0v) is 11.2. The summed E-state index contributed by atoms with van der Waals surface area (Å²) in [5, 5.41) is 1.17. The van der Waals surface area contributed by atoms with Crippen LogP contribution in [0.2, 0.25) is 0 Å². The lowest BCUT2D eigenvalue weighted by molar-refractivity contribution is -0.129. The van der Waals surface area contributed by atoms with Crippen molar-refractivity contribution in [2.24, 2.45) is 0 Å². The van der Waals surface area contributed by atoms with Crippen LogP contribution in [0, 0.1) is 0 Å². The number of hydrogen-bond donors (Lipinski definition) is 1. The van der Waals surface area contributed by atoms with Gasteiger partial charge in [-0.25, -0.2) is 0 Å². The highest BCUT2D eigenvalue weighted by molar-refractivity contribution is 6.27. The molecule has 1 aromatic heterocycles. The second kappa shape index (κ2) is 5.91. The van der Waals surface area contributed by atoms with Gasteiger partial charge in [-0.05, 0) is 23.4 Å². The first kappa shape index (κ1) is 13.0. The highest BCUT2D eigenvalue weighted by atomic mass is 35.5. The Kier molecular flexibility index (Phi) is 4.26. The summed E-state index contributed by atoms with van der Waals surface area (Å²) in [6.07, 6.45) is 2.85. The van der Waals surface area contributed by atoms with E-state index in [0.29, 0.717) is 6.54 Å². The van der Waals surface area contributed by atoms with Gasteiger partial charge in [0.15, 0.2) is 0 Å². The number of aromatic amines is 1. The first-order chi connectivity index (χ1) is 8.76. The predicted octanol–water partition coefficient (Wildman–Crippen LogP) is 3.15. The summed E-state index contributed by atoms with van der Waals surface area (Å²) in [6.45, 7) is 3.41. The van der Waals surface area contributed by atoms with Crippen molar-refractivity contribution in [1.82, 2.24) is 9.88 Å². The van der Waals surface area contributed by atoms with E-state index in [9.17, 15) is 4.79 Å². The van der Waals surface area contributed by atoms with Gasteiger partial charge in [-0.15, -0.1) is 11.6 Å². The minimum Gasteiger partial charge on any atom is -0.361 e. The minimum atomic E-state index is -0.0120. The van der Waals surface area contributed by atoms with Crippen LogP contribution in [0.4, 0.5) is 0 Å². The van der Waals surface area contributed by atoms with Gasteiger partial charge in [0.1, 0.15) is 5.88 Å². The molecule has 4 heteroatoms. The van der Waals surface area contributed by atoms with Crippen LogP contribution in [0.25, 0.3) is 10.9 Å². The highest BCUT2D eigenvalue weighted by Crippen LogP contribution is 2.18. The number of para-hydroxylation sites is 1. The molecule has 1 heterocycles. The van der Waals surface area contributed by atoms with Crippen molar-refractivity contribution in [3.63, 3.8) is 0 Å². The maximum atomic E-state index is 11.8. The number of halogens is 1. The van der Waals surface area contributed by atoms with Gasteiger partial charge in [0, 0.05) is 19.3 Å². The number of aromatic nitrogens is 1.